The Kier molecular flexibility index (Phi) is 10.1. The smallest absolute Gasteiger partial charge is 0.282 e. The van der Waals surface area contributed by atoms with Gasteiger partial charge in [-0.15, -0.1) is 12.4 Å². The molecule has 5 rings (SSSR count). The Balaban J connectivity index is 0.00000423. The number of piperidine rings is 1. The molecule has 2 aromatic carbocycles. The quantitative estimate of drug-likeness (QED) is 0.270. The Morgan fingerprint density at radius 3 is 2.35 bits per heavy atom. The molecule has 0 unspecified atom stereocenters. The predicted molar refractivity (Wildman–Crippen MR) is 169 cm³/mol. The van der Waals surface area contributed by atoms with Crippen molar-refractivity contribution < 1.29 is 17.9 Å². The number of nitrogens with one attached hydrogen (secondary N) is 2. The molecule has 0 bridgehead atoms. The summed E-state index contributed by atoms with van der Waals surface area (Å²) in [5, 5.41) is 3.23. The van der Waals surface area contributed by atoms with Crippen molar-refractivity contribution in [3.63, 3.8) is 0 Å². The highest BCUT2D eigenvalue weighted by Gasteiger charge is 2.25. The van der Waals surface area contributed by atoms with Gasteiger partial charge in [0.1, 0.15) is 5.75 Å². The van der Waals surface area contributed by atoms with E-state index in [-0.39, 0.29) is 35.0 Å². The van der Waals surface area contributed by atoms with Gasteiger partial charge in [0.05, 0.1) is 31.0 Å². The lowest BCUT2D eigenvalue weighted by atomic mass is 9.89. The number of carbonyl (C=O) groups is 1. The van der Waals surface area contributed by atoms with Crippen LogP contribution in [0.1, 0.15) is 18.4 Å². The number of aromatic nitrogens is 4. The molecule has 14 heteroatoms. The van der Waals surface area contributed by atoms with Crippen LogP contribution in [0, 0.1) is 5.92 Å². The Bertz CT molecular complexity index is 1690. The third-order valence-electron chi connectivity index (χ3n) is 7.26. The summed E-state index contributed by atoms with van der Waals surface area (Å²) in [6.07, 6.45) is 5.41. The number of fused-ring (bicyclic) bond motifs is 1. The van der Waals surface area contributed by atoms with Crippen molar-refractivity contribution in [1.29, 1.82) is 0 Å². The van der Waals surface area contributed by atoms with Gasteiger partial charge in [0.15, 0.2) is 16.7 Å². The molecule has 0 aliphatic carbocycles. The largest absolute Gasteiger partial charge is 0.497 e. The minimum atomic E-state index is -4.03. The van der Waals surface area contributed by atoms with E-state index in [1.165, 1.54) is 12.5 Å². The van der Waals surface area contributed by atoms with Crippen molar-refractivity contribution in [3.8, 4) is 5.75 Å². The molecule has 0 spiro atoms. The van der Waals surface area contributed by atoms with Crippen LogP contribution in [0.4, 0.5) is 17.3 Å². The lowest BCUT2D eigenvalue weighted by Crippen LogP contribution is -2.42. The number of halogens is 1. The summed E-state index contributed by atoms with van der Waals surface area (Å²) in [5.74, 6) is 1.50. The SMILES string of the molecule is COc1ccc(CC2CCN(C(=O)CN(C)C)CC2)c(Nc2nc3ccccc3nc2NS(=O)(=O)c2cn(C)cn2)c1.Cl. The van der Waals surface area contributed by atoms with Gasteiger partial charge in [0.25, 0.3) is 10.0 Å². The second-order valence-electron chi connectivity index (χ2n) is 10.8. The molecule has 2 N–H and O–H groups in total. The van der Waals surface area contributed by atoms with Crippen LogP contribution in [0.2, 0.25) is 0 Å². The van der Waals surface area contributed by atoms with Gasteiger partial charge in [-0.1, -0.05) is 18.2 Å². The molecule has 0 radical (unpaired) electrons. The fourth-order valence-electron chi connectivity index (χ4n) is 5.04. The first-order valence-electron chi connectivity index (χ1n) is 13.8. The number of ether oxygens (including phenoxy) is 1. The zero-order valence-corrected chi connectivity index (χ0v) is 26.3. The van der Waals surface area contributed by atoms with Crippen LogP contribution >= 0.6 is 12.4 Å². The highest BCUT2D eigenvalue weighted by molar-refractivity contribution is 7.92. The maximum atomic E-state index is 13.2. The number of hydrogen-bond acceptors (Lipinski definition) is 9. The van der Waals surface area contributed by atoms with E-state index < -0.39 is 10.0 Å². The van der Waals surface area contributed by atoms with Gasteiger partial charge in [-0.3, -0.25) is 9.52 Å². The summed E-state index contributed by atoms with van der Waals surface area (Å²) < 4.78 is 36.0. The summed E-state index contributed by atoms with van der Waals surface area (Å²) in [4.78, 5) is 29.7. The number of carbonyl (C=O) groups excluding carboxylic acids is 1. The first-order chi connectivity index (χ1) is 20.1. The first-order valence-corrected chi connectivity index (χ1v) is 15.2. The fourth-order valence-corrected chi connectivity index (χ4v) is 6.03. The van der Waals surface area contributed by atoms with E-state index in [4.69, 9.17) is 9.72 Å². The molecule has 1 aliphatic heterocycles. The number of rotatable bonds is 10. The summed E-state index contributed by atoms with van der Waals surface area (Å²) >= 11 is 0. The van der Waals surface area contributed by atoms with E-state index in [1.54, 1.807) is 24.8 Å². The number of likely N-dealkylation sites (N-methyl/N-ethyl adjacent to an activating group) is 1. The van der Waals surface area contributed by atoms with E-state index in [9.17, 15) is 13.2 Å². The molecule has 1 saturated heterocycles. The van der Waals surface area contributed by atoms with Gasteiger partial charge >= 0.3 is 0 Å². The van der Waals surface area contributed by atoms with Crippen LogP contribution < -0.4 is 14.8 Å². The van der Waals surface area contributed by atoms with E-state index in [0.717, 1.165) is 43.6 Å². The van der Waals surface area contributed by atoms with Gasteiger partial charge in [-0.25, -0.2) is 15.0 Å². The number of amides is 1. The molecule has 12 nitrogen and oxygen atoms in total. The van der Waals surface area contributed by atoms with E-state index in [2.05, 4.69) is 20.0 Å². The molecule has 3 heterocycles. The number of imidazole rings is 1. The van der Waals surface area contributed by atoms with Gasteiger partial charge in [-0.05, 0) is 63.0 Å². The van der Waals surface area contributed by atoms with Gasteiger partial charge in [-0.2, -0.15) is 8.42 Å². The number of sulfonamides is 1. The highest BCUT2D eigenvalue weighted by atomic mass is 35.5. The number of anilines is 3. The first kappa shape index (κ1) is 32.0. The van der Waals surface area contributed by atoms with Crippen LogP contribution in [0.5, 0.6) is 5.75 Å². The summed E-state index contributed by atoms with van der Waals surface area (Å²) in [5.41, 5.74) is 2.92. The van der Waals surface area contributed by atoms with E-state index >= 15 is 0 Å². The van der Waals surface area contributed by atoms with Crippen molar-refractivity contribution >= 4 is 56.7 Å². The number of benzene rings is 2. The Morgan fingerprint density at radius 2 is 1.74 bits per heavy atom. The number of aryl methyl sites for hydroxylation is 1. The molecule has 1 fully saturated rings. The summed E-state index contributed by atoms with van der Waals surface area (Å²) in [6, 6.07) is 13.1. The molecule has 4 aromatic rings. The van der Waals surface area contributed by atoms with Crippen molar-refractivity contribution in [1.82, 2.24) is 29.3 Å². The maximum Gasteiger partial charge on any atom is 0.282 e. The monoisotopic (exact) mass is 628 g/mol. The fraction of sp³-hybridized carbons (Fsp3) is 0.379. The van der Waals surface area contributed by atoms with Crippen LogP contribution in [-0.4, -0.2) is 84.5 Å². The third-order valence-corrected chi connectivity index (χ3v) is 8.48. The van der Waals surface area contributed by atoms with Gasteiger partial charge in [0, 0.05) is 38.1 Å². The molecule has 43 heavy (non-hydrogen) atoms. The van der Waals surface area contributed by atoms with Gasteiger partial charge < -0.3 is 24.4 Å². The molecule has 1 amide bonds. The molecule has 230 valence electrons. The topological polar surface area (TPSA) is 135 Å². The van der Waals surface area contributed by atoms with Crippen molar-refractivity contribution in [3.05, 3.63) is 60.6 Å². The standard InChI is InChI=1S/C29H36N8O4S.ClH/c1-35(2)18-27(38)37-13-11-20(12-14-37)15-21-9-10-22(41-4)16-25(21)33-28-29(32-24-8-6-5-7-23(24)31-28)34-42(39,40)26-17-36(3)19-30-26;/h5-10,16-17,19-20H,11-15,18H2,1-4H3,(H,31,33)(H,32,34);1H. The van der Waals surface area contributed by atoms with Crippen molar-refractivity contribution in [2.45, 2.75) is 24.3 Å². The number of likely N-dealkylation sites (tertiary alicyclic amines) is 1. The Labute approximate surface area is 257 Å². The molecular formula is C29H37ClN8O4S. The zero-order chi connectivity index (χ0) is 29.9. The number of para-hydroxylation sites is 2. The highest BCUT2D eigenvalue weighted by Crippen LogP contribution is 2.33. The van der Waals surface area contributed by atoms with E-state index in [0.29, 0.717) is 29.2 Å². The Hall–Kier alpha value is -3.94. The van der Waals surface area contributed by atoms with Crippen molar-refractivity contribution in [2.24, 2.45) is 13.0 Å². The second kappa shape index (κ2) is 13.6. The average Bonchev–Trinajstić information content (AvgIpc) is 3.41. The molecule has 0 atom stereocenters. The van der Waals surface area contributed by atoms with Crippen LogP contribution in [0.15, 0.2) is 60.0 Å². The van der Waals surface area contributed by atoms with Crippen molar-refractivity contribution in [2.75, 3.05) is 50.9 Å². The molecule has 0 saturated carbocycles. The second-order valence-corrected chi connectivity index (χ2v) is 12.4. The minimum Gasteiger partial charge on any atom is -0.497 e. The summed E-state index contributed by atoms with van der Waals surface area (Å²) in [7, 11) is 3.07. The normalized spacial score (nSPS) is 14.0. The van der Waals surface area contributed by atoms with Crippen LogP contribution in [0.3, 0.4) is 0 Å². The molecular weight excluding hydrogens is 592 g/mol. The lowest BCUT2D eigenvalue weighted by Gasteiger charge is -2.33. The van der Waals surface area contributed by atoms with Crippen LogP contribution in [-0.2, 0) is 28.3 Å². The number of methoxy groups -OCH3 is 1. The zero-order valence-electron chi connectivity index (χ0n) is 24.6. The maximum absolute atomic E-state index is 13.2. The number of nitrogens with zero attached hydrogens (tertiary/aromatic N) is 6. The third kappa shape index (κ3) is 7.72. The minimum absolute atomic E-state index is 0. The lowest BCUT2D eigenvalue weighted by molar-refractivity contribution is -0.133. The number of hydrogen-bond donors (Lipinski definition) is 2. The predicted octanol–water partition coefficient (Wildman–Crippen LogP) is 3.68. The molecule has 2 aromatic heterocycles. The van der Waals surface area contributed by atoms with Crippen LogP contribution in [0.25, 0.3) is 11.0 Å². The average molecular weight is 629 g/mol. The Morgan fingerprint density at radius 1 is 1.07 bits per heavy atom. The summed E-state index contributed by atoms with van der Waals surface area (Å²) in [6.45, 7) is 1.87. The molecule has 1 aliphatic rings. The van der Waals surface area contributed by atoms with E-state index in [1.807, 2.05) is 60.3 Å². The van der Waals surface area contributed by atoms with Gasteiger partial charge in [0.2, 0.25) is 5.91 Å².